The molecule has 1 aliphatic rings. The van der Waals surface area contributed by atoms with E-state index in [2.05, 4.69) is 21.2 Å². The van der Waals surface area contributed by atoms with Gasteiger partial charge in [-0.2, -0.15) is 0 Å². The molecule has 0 radical (unpaired) electrons. The third-order valence-corrected chi connectivity index (χ3v) is 5.57. The highest BCUT2D eigenvalue weighted by Crippen LogP contribution is 2.29. The summed E-state index contributed by atoms with van der Waals surface area (Å²) in [6, 6.07) is 16.2. The Kier molecular flexibility index (Phi) is 7.69. The number of piperazine rings is 1. The fourth-order valence-electron chi connectivity index (χ4n) is 3.65. The number of hydrogen-bond acceptors (Lipinski definition) is 5. The molecule has 0 spiro atoms. The first-order valence-electron chi connectivity index (χ1n) is 9.81. The molecule has 1 fully saturated rings. The van der Waals surface area contributed by atoms with E-state index >= 15 is 0 Å². The van der Waals surface area contributed by atoms with Crippen LogP contribution in [-0.4, -0.2) is 66.5 Å². The van der Waals surface area contributed by atoms with Gasteiger partial charge in [0.25, 0.3) is 0 Å². The van der Waals surface area contributed by atoms with Crippen LogP contribution in [0, 0.1) is 0 Å². The quantitative estimate of drug-likeness (QED) is 0.674. The van der Waals surface area contributed by atoms with Gasteiger partial charge in [0.1, 0.15) is 0 Å². The molecule has 6 nitrogen and oxygen atoms in total. The minimum Gasteiger partial charge on any atom is -0.493 e. The summed E-state index contributed by atoms with van der Waals surface area (Å²) in [7, 11) is 3.29. The lowest BCUT2D eigenvalue weighted by Gasteiger charge is -2.42. The average molecular weight is 416 g/mol. The molecule has 0 aliphatic carbocycles. The highest BCUT2D eigenvalue weighted by molar-refractivity contribution is 7.80. The van der Waals surface area contributed by atoms with Gasteiger partial charge in [0.15, 0.2) is 16.6 Å². The van der Waals surface area contributed by atoms with Gasteiger partial charge < -0.3 is 24.8 Å². The molecule has 1 aliphatic heterocycles. The minimum atomic E-state index is 0.153. The lowest BCUT2D eigenvalue weighted by Crippen LogP contribution is -2.55. The summed E-state index contributed by atoms with van der Waals surface area (Å²) >= 11 is 5.63. The van der Waals surface area contributed by atoms with Gasteiger partial charge in [0.05, 0.1) is 14.2 Å². The Morgan fingerprint density at radius 3 is 2.55 bits per heavy atom. The predicted molar refractivity (Wildman–Crippen MR) is 120 cm³/mol. The molecule has 2 N–H and O–H groups in total. The maximum absolute atomic E-state index is 9.58. The van der Waals surface area contributed by atoms with Crippen LogP contribution >= 0.6 is 12.2 Å². The van der Waals surface area contributed by atoms with Gasteiger partial charge >= 0.3 is 0 Å². The summed E-state index contributed by atoms with van der Waals surface area (Å²) in [5.41, 5.74) is 2.15. The van der Waals surface area contributed by atoms with Crippen molar-refractivity contribution >= 4 is 23.0 Å². The molecule has 0 saturated carbocycles. The Hall–Kier alpha value is -2.35. The molecule has 1 saturated heterocycles. The molecule has 0 aromatic heterocycles. The van der Waals surface area contributed by atoms with Gasteiger partial charge in [-0.1, -0.05) is 24.3 Å². The highest BCUT2D eigenvalue weighted by Gasteiger charge is 2.28. The zero-order chi connectivity index (χ0) is 20.6. The largest absolute Gasteiger partial charge is 0.493 e. The summed E-state index contributed by atoms with van der Waals surface area (Å²) in [6.45, 7) is 3.44. The Morgan fingerprint density at radius 2 is 1.86 bits per heavy atom. The van der Waals surface area contributed by atoms with Crippen molar-refractivity contribution in [3.8, 4) is 11.5 Å². The average Bonchev–Trinajstić information content (AvgIpc) is 2.75. The number of aliphatic hydroxyl groups excluding tert-OH is 1. The highest BCUT2D eigenvalue weighted by atomic mass is 32.1. The number of aliphatic hydroxyl groups is 1. The first-order valence-corrected chi connectivity index (χ1v) is 10.2. The topological polar surface area (TPSA) is 57.2 Å². The van der Waals surface area contributed by atoms with Crippen molar-refractivity contribution in [1.82, 2.24) is 9.80 Å². The van der Waals surface area contributed by atoms with Crippen LogP contribution in [0.25, 0.3) is 0 Å². The number of anilines is 1. The number of rotatable bonds is 7. The van der Waals surface area contributed by atoms with Gasteiger partial charge in [0, 0.05) is 44.5 Å². The van der Waals surface area contributed by atoms with E-state index in [4.69, 9.17) is 21.7 Å². The zero-order valence-electron chi connectivity index (χ0n) is 17.0. The van der Waals surface area contributed by atoms with Gasteiger partial charge in [0.2, 0.25) is 0 Å². The number of benzene rings is 2. The first-order chi connectivity index (χ1) is 14.1. The minimum absolute atomic E-state index is 0.153. The van der Waals surface area contributed by atoms with E-state index in [1.807, 2.05) is 42.5 Å². The molecule has 156 valence electrons. The molecule has 1 heterocycles. The summed E-state index contributed by atoms with van der Waals surface area (Å²) in [6.07, 6.45) is 0.706. The summed E-state index contributed by atoms with van der Waals surface area (Å²) < 4.78 is 10.8. The number of hydrogen-bond donors (Lipinski definition) is 2. The lowest BCUT2D eigenvalue weighted by atomic mass is 10.1. The Labute approximate surface area is 178 Å². The van der Waals surface area contributed by atoms with Crippen LogP contribution in [0.1, 0.15) is 12.0 Å². The van der Waals surface area contributed by atoms with Crippen molar-refractivity contribution in [2.24, 2.45) is 0 Å². The number of methoxy groups -OCH3 is 2. The smallest absolute Gasteiger partial charge is 0.173 e. The maximum Gasteiger partial charge on any atom is 0.173 e. The third kappa shape index (κ3) is 5.59. The van der Waals surface area contributed by atoms with Crippen molar-refractivity contribution in [2.45, 2.75) is 19.0 Å². The zero-order valence-corrected chi connectivity index (χ0v) is 17.8. The van der Waals surface area contributed by atoms with E-state index < -0.39 is 0 Å². The Balaban J connectivity index is 1.65. The number of thiocarbonyl (C=S) groups is 1. The molecule has 7 heteroatoms. The lowest BCUT2D eigenvalue weighted by molar-refractivity contribution is 0.0854. The standard InChI is InChI=1S/C22H29N3O3S/c1-27-20-9-8-17(14-21(20)28-2)15-24-11-12-25(16-19(24)10-13-26)22(29)23-18-6-4-3-5-7-18/h3-9,14,19,26H,10-13,15-16H2,1-2H3,(H,23,29). The third-order valence-electron chi connectivity index (χ3n) is 5.21. The van der Waals surface area contributed by atoms with Gasteiger partial charge in [-0.3, -0.25) is 4.90 Å². The molecule has 3 rings (SSSR count). The van der Waals surface area contributed by atoms with Gasteiger partial charge in [-0.25, -0.2) is 0 Å². The molecular formula is C22H29N3O3S. The van der Waals surface area contributed by atoms with Crippen LogP contribution in [0.15, 0.2) is 48.5 Å². The van der Waals surface area contributed by atoms with Crippen molar-refractivity contribution in [3.05, 3.63) is 54.1 Å². The number of para-hydroxylation sites is 1. The molecule has 0 bridgehead atoms. The second-order valence-electron chi connectivity index (χ2n) is 7.07. The number of nitrogens with zero attached hydrogens (tertiary/aromatic N) is 2. The monoisotopic (exact) mass is 415 g/mol. The van der Waals surface area contributed by atoms with Crippen LogP contribution in [0.4, 0.5) is 5.69 Å². The summed E-state index contributed by atoms with van der Waals surface area (Å²) in [5, 5.41) is 13.6. The molecule has 1 atom stereocenters. The van der Waals surface area contributed by atoms with E-state index in [0.29, 0.717) is 6.42 Å². The fraction of sp³-hybridized carbons (Fsp3) is 0.409. The number of nitrogens with one attached hydrogen (secondary N) is 1. The van der Waals surface area contributed by atoms with Crippen LogP contribution in [0.5, 0.6) is 11.5 Å². The van der Waals surface area contributed by atoms with Crippen molar-refractivity contribution < 1.29 is 14.6 Å². The van der Waals surface area contributed by atoms with Crippen LogP contribution < -0.4 is 14.8 Å². The molecule has 29 heavy (non-hydrogen) atoms. The molecular weight excluding hydrogens is 386 g/mol. The van der Waals surface area contributed by atoms with Crippen LogP contribution in [0.2, 0.25) is 0 Å². The molecule has 2 aromatic rings. The van der Waals surface area contributed by atoms with Crippen molar-refractivity contribution in [3.63, 3.8) is 0 Å². The van der Waals surface area contributed by atoms with Crippen molar-refractivity contribution in [2.75, 3.05) is 45.8 Å². The molecule has 1 unspecified atom stereocenters. The normalized spacial score (nSPS) is 17.1. The van der Waals surface area contributed by atoms with E-state index in [1.54, 1.807) is 14.2 Å². The second kappa shape index (κ2) is 10.4. The van der Waals surface area contributed by atoms with E-state index in [1.165, 1.54) is 0 Å². The maximum atomic E-state index is 9.58. The number of ether oxygens (including phenoxy) is 2. The van der Waals surface area contributed by atoms with Crippen LogP contribution in [0.3, 0.4) is 0 Å². The second-order valence-corrected chi connectivity index (χ2v) is 7.45. The fourth-order valence-corrected chi connectivity index (χ4v) is 3.93. The predicted octanol–water partition coefficient (Wildman–Crippen LogP) is 2.97. The van der Waals surface area contributed by atoms with Crippen LogP contribution in [-0.2, 0) is 6.54 Å². The van der Waals surface area contributed by atoms with Crippen molar-refractivity contribution in [1.29, 1.82) is 0 Å². The summed E-state index contributed by atoms with van der Waals surface area (Å²) in [4.78, 5) is 4.59. The van der Waals surface area contributed by atoms with E-state index in [0.717, 1.165) is 54.0 Å². The van der Waals surface area contributed by atoms with Gasteiger partial charge in [-0.15, -0.1) is 0 Å². The Bertz CT molecular complexity index is 803. The van der Waals surface area contributed by atoms with E-state index in [9.17, 15) is 5.11 Å². The molecule has 2 aromatic carbocycles. The Morgan fingerprint density at radius 1 is 1.10 bits per heavy atom. The first kappa shape index (κ1) is 21.4. The van der Waals surface area contributed by atoms with Gasteiger partial charge in [-0.05, 0) is 48.5 Å². The summed E-state index contributed by atoms with van der Waals surface area (Å²) in [5.74, 6) is 1.46. The van der Waals surface area contributed by atoms with E-state index in [-0.39, 0.29) is 12.6 Å². The molecule has 0 amide bonds. The SMILES string of the molecule is COc1ccc(CN2CCN(C(=S)Nc3ccccc3)CC2CCO)cc1OC.